The van der Waals surface area contributed by atoms with E-state index in [1.807, 2.05) is 35.1 Å². The Hall–Kier alpha value is -2.97. The maximum absolute atomic E-state index is 12.2. The first kappa shape index (κ1) is 20.8. The van der Waals surface area contributed by atoms with Crippen LogP contribution in [0.2, 0.25) is 0 Å². The largest absolute Gasteiger partial charge is 0.352 e. The zero-order valence-electron chi connectivity index (χ0n) is 16.2. The molecule has 0 unspecified atom stereocenters. The molecule has 0 bridgehead atoms. The number of sulfonamides is 1. The van der Waals surface area contributed by atoms with Crippen molar-refractivity contribution in [1.82, 2.24) is 19.8 Å². The van der Waals surface area contributed by atoms with Gasteiger partial charge in [0.05, 0.1) is 11.4 Å². The van der Waals surface area contributed by atoms with Crippen LogP contribution in [0.25, 0.3) is 0 Å². The van der Waals surface area contributed by atoms with Crippen LogP contribution in [0.3, 0.4) is 0 Å². The van der Waals surface area contributed by atoms with Gasteiger partial charge >= 0.3 is 0 Å². The summed E-state index contributed by atoms with van der Waals surface area (Å²) in [4.78, 5) is 12.4. The Bertz CT molecular complexity index is 1050. The highest BCUT2D eigenvalue weighted by molar-refractivity contribution is 7.89. The van der Waals surface area contributed by atoms with Crippen molar-refractivity contribution in [3.63, 3.8) is 0 Å². The molecule has 2 N–H and O–H groups in total. The molecule has 3 aromatic rings. The van der Waals surface area contributed by atoms with Crippen LogP contribution < -0.4 is 10.0 Å². The molecule has 0 atom stereocenters. The Kier molecular flexibility index (Phi) is 6.79. The predicted molar refractivity (Wildman–Crippen MR) is 111 cm³/mol. The molecule has 0 aliphatic heterocycles. The lowest BCUT2D eigenvalue weighted by Gasteiger charge is -2.08. The number of aromatic nitrogens is 2. The van der Waals surface area contributed by atoms with Crippen molar-refractivity contribution in [2.45, 2.75) is 30.8 Å². The van der Waals surface area contributed by atoms with E-state index < -0.39 is 10.0 Å². The van der Waals surface area contributed by atoms with E-state index >= 15 is 0 Å². The quantitative estimate of drug-likeness (QED) is 0.563. The van der Waals surface area contributed by atoms with Crippen molar-refractivity contribution in [1.29, 1.82) is 0 Å². The number of carbonyl (C=O) groups excluding carboxylic acids is 1. The van der Waals surface area contributed by atoms with Crippen molar-refractivity contribution in [2.24, 2.45) is 0 Å². The van der Waals surface area contributed by atoms with E-state index in [-0.39, 0.29) is 10.8 Å². The maximum Gasteiger partial charge on any atom is 0.240 e. The molecule has 0 saturated heterocycles. The third-order valence-corrected chi connectivity index (χ3v) is 5.96. The molecule has 1 heterocycles. The number of nitrogens with one attached hydrogen (secondary N) is 2. The van der Waals surface area contributed by atoms with Crippen molar-refractivity contribution >= 4 is 15.9 Å². The van der Waals surface area contributed by atoms with Crippen LogP contribution in [0.5, 0.6) is 0 Å². The molecule has 7 nitrogen and oxygen atoms in total. The minimum absolute atomic E-state index is 0.0468. The number of benzene rings is 2. The Morgan fingerprint density at radius 1 is 1.03 bits per heavy atom. The molecule has 1 amide bonds. The number of amides is 1. The molecule has 1 aromatic heterocycles. The normalized spacial score (nSPS) is 11.3. The van der Waals surface area contributed by atoms with E-state index in [2.05, 4.69) is 21.2 Å². The molecule has 3 rings (SSSR count). The third kappa shape index (κ3) is 6.00. The molecular weight excluding hydrogens is 388 g/mol. The number of nitrogens with zero attached hydrogens (tertiary/aromatic N) is 2. The second-order valence-corrected chi connectivity index (χ2v) is 8.54. The number of rotatable bonds is 9. The van der Waals surface area contributed by atoms with Gasteiger partial charge in [-0.3, -0.25) is 9.48 Å². The fourth-order valence-electron chi connectivity index (χ4n) is 2.92. The van der Waals surface area contributed by atoms with Crippen molar-refractivity contribution in [3.05, 3.63) is 83.7 Å². The van der Waals surface area contributed by atoms with Crippen LogP contribution in [0.4, 0.5) is 0 Å². The first-order valence-corrected chi connectivity index (χ1v) is 10.8. The van der Waals surface area contributed by atoms with Crippen LogP contribution in [0.1, 0.15) is 23.1 Å². The van der Waals surface area contributed by atoms with Crippen molar-refractivity contribution < 1.29 is 13.2 Å². The average Bonchev–Trinajstić information content (AvgIpc) is 3.24. The lowest BCUT2D eigenvalue weighted by Crippen LogP contribution is -2.23. The van der Waals surface area contributed by atoms with E-state index in [1.165, 1.54) is 7.05 Å². The van der Waals surface area contributed by atoms with Gasteiger partial charge in [-0.15, -0.1) is 0 Å². The summed E-state index contributed by atoms with van der Waals surface area (Å²) in [5.74, 6) is -0.0468. The highest BCUT2D eigenvalue weighted by Crippen LogP contribution is 2.12. The van der Waals surface area contributed by atoms with Crippen LogP contribution in [0, 0.1) is 0 Å². The number of hydrogen-bond acceptors (Lipinski definition) is 4. The summed E-state index contributed by atoms with van der Waals surface area (Å²) in [6, 6.07) is 16.5. The minimum atomic E-state index is -3.44. The molecule has 0 spiro atoms. The summed E-state index contributed by atoms with van der Waals surface area (Å²) in [6.07, 6.45) is 4.54. The molecule has 0 radical (unpaired) electrons. The zero-order valence-corrected chi connectivity index (χ0v) is 17.0. The number of aryl methyl sites for hydroxylation is 1. The van der Waals surface area contributed by atoms with Gasteiger partial charge in [-0.05, 0) is 48.4 Å². The molecule has 2 aromatic carbocycles. The Morgan fingerprint density at radius 3 is 2.48 bits per heavy atom. The van der Waals surface area contributed by atoms with Crippen molar-refractivity contribution in [2.75, 3.05) is 7.05 Å². The minimum Gasteiger partial charge on any atom is -0.352 e. The topological polar surface area (TPSA) is 93.1 Å². The fraction of sp³-hybridized carbons (Fsp3) is 0.238. The lowest BCUT2D eigenvalue weighted by atomic mass is 10.1. The molecule has 0 aliphatic rings. The Balaban J connectivity index is 1.48. The molecular formula is C21H24N4O3S. The standard InChI is InChI=1S/C21H24N4O3S/c1-22-29(27,28)20-9-6-17(7-10-20)8-11-21(26)23-15-18-4-2-5-19(14-18)16-25-13-3-12-24-25/h2-7,9-10,12-14,22H,8,11,15-16H2,1H3,(H,23,26). The first-order valence-electron chi connectivity index (χ1n) is 9.31. The van der Waals surface area contributed by atoms with E-state index in [9.17, 15) is 13.2 Å². The van der Waals surface area contributed by atoms with E-state index in [1.54, 1.807) is 30.5 Å². The van der Waals surface area contributed by atoms with Gasteiger partial charge in [0.1, 0.15) is 0 Å². The molecule has 29 heavy (non-hydrogen) atoms. The van der Waals surface area contributed by atoms with Gasteiger partial charge in [-0.2, -0.15) is 5.10 Å². The lowest BCUT2D eigenvalue weighted by molar-refractivity contribution is -0.121. The molecule has 0 saturated carbocycles. The van der Waals surface area contributed by atoms with Gasteiger partial charge in [0.15, 0.2) is 0 Å². The molecule has 0 aliphatic carbocycles. The zero-order chi connectivity index (χ0) is 20.7. The smallest absolute Gasteiger partial charge is 0.240 e. The van der Waals surface area contributed by atoms with Crippen molar-refractivity contribution in [3.8, 4) is 0 Å². The van der Waals surface area contributed by atoms with E-state index in [0.29, 0.717) is 25.9 Å². The monoisotopic (exact) mass is 412 g/mol. The summed E-state index contributed by atoms with van der Waals surface area (Å²) in [5.41, 5.74) is 3.07. The highest BCUT2D eigenvalue weighted by Gasteiger charge is 2.10. The summed E-state index contributed by atoms with van der Waals surface area (Å²) >= 11 is 0. The molecule has 0 fully saturated rings. The summed E-state index contributed by atoms with van der Waals surface area (Å²) in [5, 5.41) is 7.14. The summed E-state index contributed by atoms with van der Waals surface area (Å²) < 4.78 is 27.6. The van der Waals surface area contributed by atoms with Gasteiger partial charge in [0.2, 0.25) is 15.9 Å². The van der Waals surface area contributed by atoms with Crippen LogP contribution in [-0.4, -0.2) is 31.2 Å². The SMILES string of the molecule is CNS(=O)(=O)c1ccc(CCC(=O)NCc2cccc(Cn3cccn3)c2)cc1. The molecule has 152 valence electrons. The first-order chi connectivity index (χ1) is 14.0. The van der Waals surface area contributed by atoms with Gasteiger partial charge < -0.3 is 5.32 Å². The maximum atomic E-state index is 12.2. The average molecular weight is 413 g/mol. The predicted octanol–water partition coefficient (Wildman–Crippen LogP) is 2.09. The van der Waals surface area contributed by atoms with Crippen LogP contribution >= 0.6 is 0 Å². The summed E-state index contributed by atoms with van der Waals surface area (Å²) in [7, 11) is -2.06. The van der Waals surface area contributed by atoms with Gasteiger partial charge in [0.25, 0.3) is 0 Å². The Morgan fingerprint density at radius 2 is 1.79 bits per heavy atom. The summed E-state index contributed by atoms with van der Waals surface area (Å²) in [6.45, 7) is 1.15. The molecule has 8 heteroatoms. The van der Waals surface area contributed by atoms with Gasteiger partial charge in [-0.25, -0.2) is 13.1 Å². The number of carbonyl (C=O) groups is 1. The Labute approximate surface area is 170 Å². The van der Waals surface area contributed by atoms with E-state index in [0.717, 1.165) is 16.7 Å². The number of hydrogen-bond donors (Lipinski definition) is 2. The second-order valence-electron chi connectivity index (χ2n) is 6.65. The van der Waals surface area contributed by atoms with Crippen LogP contribution in [0.15, 0.2) is 71.9 Å². The fourth-order valence-corrected chi connectivity index (χ4v) is 3.65. The van der Waals surface area contributed by atoms with Gasteiger partial charge in [0, 0.05) is 25.4 Å². The van der Waals surface area contributed by atoms with Gasteiger partial charge in [-0.1, -0.05) is 36.4 Å². The second kappa shape index (κ2) is 9.49. The third-order valence-electron chi connectivity index (χ3n) is 4.53. The highest BCUT2D eigenvalue weighted by atomic mass is 32.2. The van der Waals surface area contributed by atoms with E-state index in [4.69, 9.17) is 0 Å². The van der Waals surface area contributed by atoms with Crippen LogP contribution in [-0.2, 0) is 34.3 Å².